The van der Waals surface area contributed by atoms with Crippen molar-refractivity contribution < 1.29 is 0 Å². The quantitative estimate of drug-likeness (QED) is 0.594. The van der Waals surface area contributed by atoms with Gasteiger partial charge in [-0.2, -0.15) is 0 Å². The Hall–Kier alpha value is -1.25. The molecule has 0 saturated heterocycles. The summed E-state index contributed by atoms with van der Waals surface area (Å²) < 4.78 is 1.40. The lowest BCUT2D eigenvalue weighted by molar-refractivity contribution is 1.44. The number of fused-ring (bicyclic) bond motifs is 1. The predicted octanol–water partition coefficient (Wildman–Crippen LogP) is 5.36. The zero-order valence-electron chi connectivity index (χ0n) is 9.51. The molecule has 2 aromatic carbocycles. The van der Waals surface area contributed by atoms with Crippen LogP contribution >= 0.6 is 23.1 Å². The number of hydrogen-bond acceptors (Lipinski definition) is 2. The van der Waals surface area contributed by atoms with E-state index in [4.69, 9.17) is 0 Å². The molecule has 3 rings (SSSR count). The Balaban J connectivity index is 2.06. The van der Waals surface area contributed by atoms with Crippen LogP contribution in [0.4, 0.5) is 0 Å². The molecule has 0 spiro atoms. The molecule has 0 radical (unpaired) electrons. The number of hydrogen-bond donors (Lipinski definition) is 0. The maximum Gasteiger partial charge on any atom is 0.0484 e. The maximum absolute atomic E-state index is 2.24. The van der Waals surface area contributed by atoms with Crippen LogP contribution in [0.5, 0.6) is 0 Å². The average Bonchev–Trinajstić information content (AvgIpc) is 2.74. The van der Waals surface area contributed by atoms with Crippen LogP contribution in [0.25, 0.3) is 10.1 Å². The molecule has 17 heavy (non-hydrogen) atoms. The molecule has 0 saturated carbocycles. The highest BCUT2D eigenvalue weighted by molar-refractivity contribution is 7.99. The fourth-order valence-corrected chi connectivity index (χ4v) is 3.98. The molecule has 0 N–H and O–H groups in total. The Morgan fingerprint density at radius 2 is 1.76 bits per heavy atom. The van der Waals surface area contributed by atoms with Crippen LogP contribution in [0.15, 0.2) is 63.7 Å². The summed E-state index contributed by atoms with van der Waals surface area (Å²) in [6.07, 6.45) is 0. The Morgan fingerprint density at radius 3 is 2.59 bits per heavy atom. The van der Waals surface area contributed by atoms with E-state index >= 15 is 0 Å². The molecule has 0 aliphatic carbocycles. The first-order valence-corrected chi connectivity index (χ1v) is 7.24. The third-order valence-electron chi connectivity index (χ3n) is 2.73. The van der Waals surface area contributed by atoms with Crippen LogP contribution in [-0.2, 0) is 0 Å². The summed E-state index contributed by atoms with van der Waals surface area (Å²) in [6, 6.07) is 17.1. The van der Waals surface area contributed by atoms with Gasteiger partial charge in [0.15, 0.2) is 0 Å². The summed E-state index contributed by atoms with van der Waals surface area (Å²) in [5, 5.41) is 3.62. The Bertz CT molecular complexity index is 638. The topological polar surface area (TPSA) is 0 Å². The van der Waals surface area contributed by atoms with E-state index in [1.165, 1.54) is 25.4 Å². The molecule has 0 aliphatic rings. The maximum atomic E-state index is 2.24. The third-order valence-corrected chi connectivity index (χ3v) is 5.07. The molecule has 0 atom stereocenters. The van der Waals surface area contributed by atoms with Crippen molar-refractivity contribution in [3.63, 3.8) is 0 Å². The Labute approximate surface area is 109 Å². The minimum atomic E-state index is 1.30. The highest BCUT2D eigenvalue weighted by atomic mass is 32.2. The standard InChI is InChI=1S/C15H12S2/c1-11-10-16-15-13(11)8-5-9-14(15)17-12-6-3-2-4-7-12/h2-10H,1H3. The summed E-state index contributed by atoms with van der Waals surface area (Å²) in [6.45, 7) is 2.18. The molecule has 3 aromatic rings. The molecule has 0 aliphatic heterocycles. The second-order valence-electron chi connectivity index (χ2n) is 3.97. The second kappa shape index (κ2) is 4.55. The molecule has 2 heteroatoms. The van der Waals surface area contributed by atoms with Gasteiger partial charge in [0.1, 0.15) is 0 Å². The largest absolute Gasteiger partial charge is 0.142 e. The lowest BCUT2D eigenvalue weighted by atomic mass is 10.2. The van der Waals surface area contributed by atoms with E-state index < -0.39 is 0 Å². The minimum Gasteiger partial charge on any atom is -0.142 e. The van der Waals surface area contributed by atoms with Crippen molar-refractivity contribution in [2.75, 3.05) is 0 Å². The Kier molecular flexibility index (Phi) is 2.91. The van der Waals surface area contributed by atoms with Gasteiger partial charge in [0.2, 0.25) is 0 Å². The van der Waals surface area contributed by atoms with Gasteiger partial charge >= 0.3 is 0 Å². The van der Waals surface area contributed by atoms with Crippen molar-refractivity contribution in [2.45, 2.75) is 16.7 Å². The van der Waals surface area contributed by atoms with Gasteiger partial charge in [-0.25, -0.2) is 0 Å². The normalized spacial score (nSPS) is 10.9. The SMILES string of the molecule is Cc1csc2c(Sc3ccccc3)cccc12. The minimum absolute atomic E-state index is 1.30. The molecule has 1 aromatic heterocycles. The van der Waals surface area contributed by atoms with Crippen LogP contribution in [0.1, 0.15) is 5.56 Å². The fraction of sp³-hybridized carbons (Fsp3) is 0.0667. The molecular formula is C15H12S2. The van der Waals surface area contributed by atoms with Crippen molar-refractivity contribution in [3.05, 3.63) is 59.5 Å². The van der Waals surface area contributed by atoms with E-state index in [0.29, 0.717) is 0 Å². The van der Waals surface area contributed by atoms with Gasteiger partial charge in [-0.15, -0.1) is 11.3 Å². The predicted molar refractivity (Wildman–Crippen MR) is 77.1 cm³/mol. The second-order valence-corrected chi connectivity index (χ2v) is 5.96. The van der Waals surface area contributed by atoms with E-state index in [1.54, 1.807) is 0 Å². The first kappa shape index (κ1) is 10.9. The molecule has 0 bridgehead atoms. The van der Waals surface area contributed by atoms with Gasteiger partial charge in [0.25, 0.3) is 0 Å². The zero-order chi connectivity index (χ0) is 11.7. The van der Waals surface area contributed by atoms with Crippen LogP contribution in [0.3, 0.4) is 0 Å². The van der Waals surface area contributed by atoms with E-state index in [9.17, 15) is 0 Å². The number of thiophene rings is 1. The highest BCUT2D eigenvalue weighted by Crippen LogP contribution is 2.37. The summed E-state index contributed by atoms with van der Waals surface area (Å²) >= 11 is 3.68. The fourth-order valence-electron chi connectivity index (χ4n) is 1.85. The van der Waals surface area contributed by atoms with E-state index in [0.717, 1.165) is 0 Å². The number of aryl methyl sites for hydroxylation is 1. The van der Waals surface area contributed by atoms with Crippen molar-refractivity contribution in [1.29, 1.82) is 0 Å². The molecule has 0 unspecified atom stereocenters. The smallest absolute Gasteiger partial charge is 0.0484 e. The first-order chi connectivity index (χ1) is 8.34. The van der Waals surface area contributed by atoms with Crippen LogP contribution < -0.4 is 0 Å². The van der Waals surface area contributed by atoms with Gasteiger partial charge in [-0.3, -0.25) is 0 Å². The highest BCUT2D eigenvalue weighted by Gasteiger charge is 2.06. The van der Waals surface area contributed by atoms with Crippen molar-refractivity contribution in [2.24, 2.45) is 0 Å². The molecule has 0 nitrogen and oxygen atoms in total. The summed E-state index contributed by atoms with van der Waals surface area (Å²) in [7, 11) is 0. The number of rotatable bonds is 2. The zero-order valence-corrected chi connectivity index (χ0v) is 11.1. The molecular weight excluding hydrogens is 244 g/mol. The van der Waals surface area contributed by atoms with E-state index in [-0.39, 0.29) is 0 Å². The first-order valence-electron chi connectivity index (χ1n) is 5.54. The van der Waals surface area contributed by atoms with Gasteiger partial charge < -0.3 is 0 Å². The summed E-state index contributed by atoms with van der Waals surface area (Å²) in [4.78, 5) is 2.65. The van der Waals surface area contributed by atoms with E-state index in [1.807, 2.05) is 23.1 Å². The Morgan fingerprint density at radius 1 is 0.941 bits per heavy atom. The van der Waals surface area contributed by atoms with Gasteiger partial charge in [0.05, 0.1) is 0 Å². The van der Waals surface area contributed by atoms with Gasteiger partial charge in [0, 0.05) is 14.5 Å². The van der Waals surface area contributed by atoms with Crippen molar-refractivity contribution >= 4 is 33.2 Å². The van der Waals surface area contributed by atoms with Crippen molar-refractivity contribution in [1.82, 2.24) is 0 Å². The van der Waals surface area contributed by atoms with Crippen molar-refractivity contribution in [3.8, 4) is 0 Å². The monoisotopic (exact) mass is 256 g/mol. The molecule has 1 heterocycles. The van der Waals surface area contributed by atoms with Crippen LogP contribution in [0.2, 0.25) is 0 Å². The van der Waals surface area contributed by atoms with Crippen LogP contribution in [-0.4, -0.2) is 0 Å². The molecule has 0 fully saturated rings. The molecule has 0 amide bonds. The average molecular weight is 256 g/mol. The number of benzene rings is 2. The summed E-state index contributed by atoms with van der Waals surface area (Å²) in [5.41, 5.74) is 1.38. The van der Waals surface area contributed by atoms with Crippen LogP contribution in [0, 0.1) is 6.92 Å². The lowest BCUT2D eigenvalue weighted by Gasteiger charge is -2.03. The summed E-state index contributed by atoms with van der Waals surface area (Å²) in [5.74, 6) is 0. The lowest BCUT2D eigenvalue weighted by Crippen LogP contribution is -1.74. The molecule has 84 valence electrons. The van der Waals surface area contributed by atoms with Gasteiger partial charge in [-0.05, 0) is 41.5 Å². The van der Waals surface area contributed by atoms with E-state index in [2.05, 4.69) is 60.8 Å². The third kappa shape index (κ3) is 2.11. The van der Waals surface area contributed by atoms with Gasteiger partial charge in [-0.1, -0.05) is 42.1 Å².